The number of methoxy groups -OCH3 is 1. The Balaban J connectivity index is 4.27. The monoisotopic (exact) mass is 262 g/mol. The third-order valence-electron chi connectivity index (χ3n) is 2.34. The van der Waals surface area contributed by atoms with Crippen LogP contribution in [0.2, 0.25) is 0 Å². The van der Waals surface area contributed by atoms with Gasteiger partial charge in [-0.3, -0.25) is 9.59 Å². The van der Waals surface area contributed by atoms with E-state index in [4.69, 9.17) is 19.3 Å². The summed E-state index contributed by atoms with van der Waals surface area (Å²) in [6, 6.07) is 0. The summed E-state index contributed by atoms with van der Waals surface area (Å²) in [6.45, 7) is 3.24. The maximum atomic E-state index is 11.9. The number of rotatable bonds is 9. The molecule has 0 spiro atoms. The molecule has 0 radical (unpaired) electrons. The van der Waals surface area contributed by atoms with Crippen molar-refractivity contribution in [2.45, 2.75) is 26.7 Å². The third kappa shape index (κ3) is 6.56. The average molecular weight is 262 g/mol. The summed E-state index contributed by atoms with van der Waals surface area (Å²) < 4.78 is 14.9. The summed E-state index contributed by atoms with van der Waals surface area (Å²) in [7, 11) is 1.46. The number of aliphatic hydroxyl groups is 1. The molecular weight excluding hydrogens is 240 g/mol. The molecule has 1 atom stereocenters. The molecule has 0 aliphatic carbocycles. The molecule has 106 valence electrons. The Bertz CT molecular complexity index is 265. The first kappa shape index (κ1) is 16.9. The van der Waals surface area contributed by atoms with Crippen molar-refractivity contribution in [2.75, 3.05) is 33.5 Å². The van der Waals surface area contributed by atoms with Gasteiger partial charge in [0.25, 0.3) is 0 Å². The Labute approximate surface area is 107 Å². The molecule has 0 aromatic rings. The van der Waals surface area contributed by atoms with Gasteiger partial charge in [-0.1, -0.05) is 0 Å². The van der Waals surface area contributed by atoms with Crippen molar-refractivity contribution in [2.24, 2.45) is 5.41 Å². The molecule has 6 nitrogen and oxygen atoms in total. The molecule has 1 unspecified atom stereocenters. The lowest BCUT2D eigenvalue weighted by Gasteiger charge is -2.25. The van der Waals surface area contributed by atoms with Crippen LogP contribution >= 0.6 is 0 Å². The van der Waals surface area contributed by atoms with Crippen LogP contribution in [0.4, 0.5) is 0 Å². The highest BCUT2D eigenvalue weighted by molar-refractivity contribution is 5.77. The van der Waals surface area contributed by atoms with Crippen LogP contribution in [-0.2, 0) is 23.8 Å². The van der Waals surface area contributed by atoms with E-state index in [1.165, 1.54) is 14.0 Å². The zero-order valence-electron chi connectivity index (χ0n) is 11.2. The molecule has 1 N–H and O–H groups in total. The molecule has 0 bridgehead atoms. The molecule has 18 heavy (non-hydrogen) atoms. The number of esters is 2. The maximum absolute atomic E-state index is 11.9. The Morgan fingerprint density at radius 2 is 1.83 bits per heavy atom. The Hall–Kier alpha value is -1.14. The molecule has 0 saturated carbocycles. The van der Waals surface area contributed by atoms with Crippen molar-refractivity contribution in [1.82, 2.24) is 0 Å². The molecule has 0 amide bonds. The molecule has 0 aliphatic rings. The highest BCUT2D eigenvalue weighted by Crippen LogP contribution is 2.20. The zero-order valence-corrected chi connectivity index (χ0v) is 11.2. The van der Waals surface area contributed by atoms with E-state index in [2.05, 4.69) is 0 Å². The summed E-state index contributed by atoms with van der Waals surface area (Å²) in [4.78, 5) is 22.6. The van der Waals surface area contributed by atoms with Gasteiger partial charge < -0.3 is 19.3 Å². The van der Waals surface area contributed by atoms with Crippen LogP contribution < -0.4 is 0 Å². The highest BCUT2D eigenvalue weighted by Gasteiger charge is 2.36. The van der Waals surface area contributed by atoms with E-state index >= 15 is 0 Å². The second kappa shape index (κ2) is 8.88. The number of hydrogen-bond acceptors (Lipinski definition) is 6. The number of aliphatic hydroxyl groups excluding tert-OH is 1. The molecule has 0 aromatic heterocycles. The fourth-order valence-electron chi connectivity index (χ4n) is 1.29. The normalized spacial score (nSPS) is 13.8. The van der Waals surface area contributed by atoms with E-state index in [0.29, 0.717) is 12.8 Å². The summed E-state index contributed by atoms with van der Waals surface area (Å²) in [5, 5.41) is 8.60. The summed E-state index contributed by atoms with van der Waals surface area (Å²) in [6.07, 6.45) is 1.18. The number of hydrogen-bond donors (Lipinski definition) is 1. The van der Waals surface area contributed by atoms with Crippen LogP contribution in [-0.4, -0.2) is 50.6 Å². The van der Waals surface area contributed by atoms with E-state index in [1.54, 1.807) is 6.92 Å². The van der Waals surface area contributed by atoms with Crippen LogP contribution in [0.15, 0.2) is 0 Å². The van der Waals surface area contributed by atoms with Crippen molar-refractivity contribution >= 4 is 11.9 Å². The minimum Gasteiger partial charge on any atom is -0.465 e. The van der Waals surface area contributed by atoms with Gasteiger partial charge in [-0.25, -0.2) is 0 Å². The van der Waals surface area contributed by atoms with E-state index in [-0.39, 0.29) is 26.4 Å². The first-order chi connectivity index (χ1) is 8.46. The summed E-state index contributed by atoms with van der Waals surface area (Å²) in [5.74, 6) is -0.922. The largest absolute Gasteiger partial charge is 0.465 e. The third-order valence-corrected chi connectivity index (χ3v) is 2.34. The first-order valence-electron chi connectivity index (χ1n) is 5.86. The lowest BCUT2D eigenvalue weighted by molar-refractivity contribution is -0.166. The minimum absolute atomic E-state index is 0.0698. The van der Waals surface area contributed by atoms with Gasteiger partial charge in [0.2, 0.25) is 0 Å². The van der Waals surface area contributed by atoms with Gasteiger partial charge in [0.15, 0.2) is 0 Å². The molecule has 0 aliphatic heterocycles. The van der Waals surface area contributed by atoms with Gasteiger partial charge in [-0.15, -0.1) is 0 Å². The fraction of sp³-hybridized carbons (Fsp3) is 0.833. The minimum atomic E-state index is -1.00. The van der Waals surface area contributed by atoms with E-state index in [0.717, 1.165) is 0 Å². The first-order valence-corrected chi connectivity index (χ1v) is 5.86. The Morgan fingerprint density at radius 3 is 2.33 bits per heavy atom. The topological polar surface area (TPSA) is 82.1 Å². The van der Waals surface area contributed by atoms with Crippen molar-refractivity contribution in [3.63, 3.8) is 0 Å². The fourth-order valence-corrected chi connectivity index (χ4v) is 1.29. The van der Waals surface area contributed by atoms with Gasteiger partial charge in [0.05, 0.1) is 13.2 Å². The lowest BCUT2D eigenvalue weighted by Crippen LogP contribution is -2.39. The van der Waals surface area contributed by atoms with Crippen molar-refractivity contribution in [3.8, 4) is 0 Å². The highest BCUT2D eigenvalue weighted by atomic mass is 16.6. The average Bonchev–Trinajstić information content (AvgIpc) is 2.32. The van der Waals surface area contributed by atoms with E-state index in [1.807, 2.05) is 0 Å². The standard InChI is InChI=1S/C12H22O6/c1-10(14)18-9-12(2,8-16-3)11(15)17-7-5-4-6-13/h13H,4-9H2,1-3H3. The van der Waals surface area contributed by atoms with Gasteiger partial charge in [0, 0.05) is 20.6 Å². The van der Waals surface area contributed by atoms with E-state index in [9.17, 15) is 9.59 Å². The van der Waals surface area contributed by atoms with Crippen LogP contribution in [0.3, 0.4) is 0 Å². The molecule has 6 heteroatoms. The molecule has 0 saturated heterocycles. The van der Waals surface area contributed by atoms with Crippen molar-refractivity contribution in [1.29, 1.82) is 0 Å². The van der Waals surface area contributed by atoms with Gasteiger partial charge in [0.1, 0.15) is 12.0 Å². The number of unbranched alkanes of at least 4 members (excludes halogenated alkanes) is 1. The summed E-state index contributed by atoms with van der Waals surface area (Å²) in [5.41, 5.74) is -1.00. The number of carbonyl (C=O) groups excluding carboxylic acids is 2. The van der Waals surface area contributed by atoms with Crippen molar-refractivity contribution in [3.05, 3.63) is 0 Å². The lowest BCUT2D eigenvalue weighted by atomic mass is 9.93. The van der Waals surface area contributed by atoms with Gasteiger partial charge in [-0.2, -0.15) is 0 Å². The quantitative estimate of drug-likeness (QED) is 0.482. The zero-order chi connectivity index (χ0) is 14.0. The van der Waals surface area contributed by atoms with Crippen LogP contribution in [0.25, 0.3) is 0 Å². The molecular formula is C12H22O6. The smallest absolute Gasteiger partial charge is 0.317 e. The van der Waals surface area contributed by atoms with Gasteiger partial charge >= 0.3 is 11.9 Å². The molecule has 0 fully saturated rings. The molecule has 0 rings (SSSR count). The SMILES string of the molecule is COCC(C)(COC(C)=O)C(=O)OCCCCO. The van der Waals surface area contributed by atoms with Crippen LogP contribution in [0, 0.1) is 5.41 Å². The predicted octanol–water partition coefficient (Wildman–Crippen LogP) is 0.518. The maximum Gasteiger partial charge on any atom is 0.317 e. The second-order valence-electron chi connectivity index (χ2n) is 4.34. The molecule has 0 aromatic carbocycles. The second-order valence-corrected chi connectivity index (χ2v) is 4.34. The van der Waals surface area contributed by atoms with Gasteiger partial charge in [-0.05, 0) is 19.8 Å². The Kier molecular flexibility index (Phi) is 8.32. The van der Waals surface area contributed by atoms with E-state index < -0.39 is 17.4 Å². The Morgan fingerprint density at radius 1 is 1.17 bits per heavy atom. The molecule has 0 heterocycles. The number of ether oxygens (including phenoxy) is 3. The van der Waals surface area contributed by atoms with Crippen molar-refractivity contribution < 1.29 is 28.9 Å². The van der Waals surface area contributed by atoms with Crippen LogP contribution in [0.1, 0.15) is 26.7 Å². The number of carbonyl (C=O) groups is 2. The van der Waals surface area contributed by atoms with Crippen LogP contribution in [0.5, 0.6) is 0 Å². The summed E-state index contributed by atoms with van der Waals surface area (Å²) >= 11 is 0. The predicted molar refractivity (Wildman–Crippen MR) is 63.9 cm³/mol.